The Bertz CT molecular complexity index is 4970. The van der Waals surface area contributed by atoms with Gasteiger partial charge in [0.15, 0.2) is 57.2 Å². The van der Waals surface area contributed by atoms with Gasteiger partial charge in [-0.05, 0) is 62.6 Å². The summed E-state index contributed by atoms with van der Waals surface area (Å²) in [5, 5.41) is 8.71. The fourth-order valence-corrected chi connectivity index (χ4v) is 13.5. The molecule has 1 saturated carbocycles. The van der Waals surface area contributed by atoms with Gasteiger partial charge >= 0.3 is 11.4 Å². The molecule has 0 bridgehead atoms. The van der Waals surface area contributed by atoms with Gasteiger partial charge in [-0.15, -0.1) is 10.2 Å². The number of hydrogen-bond acceptors (Lipinski definition) is 22. The van der Waals surface area contributed by atoms with Gasteiger partial charge in [-0.3, -0.25) is 35.8 Å². The standard InChI is InChI=1S/C26H29F2N9O4S.C20H19N7O5S.C14H19F2NO2S.C6H12/c1-33-21-23(31-25(29)37-24(21)30-22(32-37)19-4-3-11-40-19)36(26(33)38)10-7-34-5-8-35(9-6-34)18-15-20(17(28)14-16(18)27)41-12-13-42(2)39;1-12-5-7-13(8-6-12)33(29,30)32-11-9-26-17-15(25(2)20(26)28)18-22-16(14-4-3-10-31-14)24-27(18)19(21)23-17;1-20(18)8-7-19-14-10-13(11(15)9-12(14)16)17-5-3-2-4-6-17;1-2-4-6-5-3-1/h3-4,11,14-15H,5-10,12-13H2,1-2H3,(H2,29,31);3-8,10H,9,11H2,1-2H3,(H2,21,23);9-10H,2-8H2,1H3;1-6H2/t42-;;20-;/m0.0./s1. The summed E-state index contributed by atoms with van der Waals surface area (Å²) in [6.45, 7) is 6.36. The lowest BCUT2D eigenvalue weighted by molar-refractivity contribution is 0.247. The van der Waals surface area contributed by atoms with E-state index >= 15 is 0 Å². The molecule has 4 N–H and O–H groups in total. The van der Waals surface area contributed by atoms with Gasteiger partial charge in [-0.25, -0.2) is 37.1 Å². The van der Waals surface area contributed by atoms with Crippen LogP contribution < -0.4 is 42.1 Å². The number of aryl methyl sites for hydroxylation is 3. The maximum absolute atomic E-state index is 14.7. The summed E-state index contributed by atoms with van der Waals surface area (Å²) in [7, 11) is -2.84. The number of nitrogens with zero attached hydrogens (tertiary/aromatic N) is 15. The molecule has 11 aromatic rings. The molecule has 0 spiro atoms. The minimum Gasteiger partial charge on any atom is -0.489 e. The predicted molar refractivity (Wildman–Crippen MR) is 376 cm³/mol. The van der Waals surface area contributed by atoms with Crippen LogP contribution in [-0.2, 0) is 63.1 Å². The van der Waals surface area contributed by atoms with E-state index in [9.17, 15) is 44.0 Å². The summed E-state index contributed by atoms with van der Waals surface area (Å²) in [5.41, 5.74) is 15.4. The molecule has 0 radical (unpaired) electrons. The van der Waals surface area contributed by atoms with E-state index in [4.69, 9.17) is 34.0 Å². The zero-order chi connectivity index (χ0) is 71.6. The Morgan fingerprint density at radius 2 is 0.970 bits per heavy atom. The van der Waals surface area contributed by atoms with Crippen molar-refractivity contribution in [2.75, 3.05) is 111 Å². The van der Waals surface area contributed by atoms with E-state index in [2.05, 4.69) is 35.0 Å². The van der Waals surface area contributed by atoms with E-state index in [0.29, 0.717) is 96.0 Å². The normalized spacial score (nSPS) is 15.1. The molecule has 3 aromatic carbocycles. The number of piperazine rings is 1. The minimum atomic E-state index is -3.98. The van der Waals surface area contributed by atoms with Crippen molar-refractivity contribution >= 4 is 88.6 Å². The number of fused-ring (bicyclic) bond motifs is 6. The van der Waals surface area contributed by atoms with Gasteiger partial charge in [0.25, 0.3) is 10.1 Å². The lowest BCUT2D eigenvalue weighted by Crippen LogP contribution is -2.47. The van der Waals surface area contributed by atoms with E-state index in [1.807, 2.05) is 16.7 Å². The number of halogens is 4. The Kier molecular flexibility index (Phi) is 23.4. The molecule has 10 heterocycles. The zero-order valence-electron chi connectivity index (χ0n) is 56.4. The number of benzene rings is 3. The van der Waals surface area contributed by atoms with Crippen molar-refractivity contribution in [3.8, 4) is 34.7 Å². The molecule has 0 amide bonds. The van der Waals surface area contributed by atoms with Crippen molar-refractivity contribution in [1.82, 2.24) is 62.3 Å². The average Bonchev–Trinajstić information content (AvgIpc) is 1.59. The molecule has 14 rings (SSSR count). The third kappa shape index (κ3) is 17.0. The van der Waals surface area contributed by atoms with E-state index < -0.39 is 60.7 Å². The number of imidazole rings is 2. The van der Waals surface area contributed by atoms with Crippen LogP contribution in [-0.4, -0.2) is 169 Å². The molecule has 540 valence electrons. The monoisotopic (exact) mass is 1460 g/mol. The summed E-state index contributed by atoms with van der Waals surface area (Å²) in [5.74, 6) is -0.601. The first-order valence-electron chi connectivity index (χ1n) is 32.9. The van der Waals surface area contributed by atoms with Gasteiger partial charge in [-0.1, -0.05) is 56.2 Å². The van der Waals surface area contributed by atoms with Crippen LogP contribution in [0.2, 0.25) is 0 Å². The molecule has 2 saturated heterocycles. The van der Waals surface area contributed by atoms with Crippen LogP contribution >= 0.6 is 0 Å². The van der Waals surface area contributed by atoms with E-state index in [1.54, 1.807) is 61.3 Å². The number of nitrogens with two attached hydrogens (primary N) is 2. The Morgan fingerprint density at radius 1 is 0.535 bits per heavy atom. The molecule has 0 unspecified atom stereocenters. The van der Waals surface area contributed by atoms with Gasteiger partial charge in [-0.2, -0.15) is 27.4 Å². The number of hydrogen-bond donors (Lipinski definition) is 2. The Morgan fingerprint density at radius 3 is 1.41 bits per heavy atom. The summed E-state index contributed by atoms with van der Waals surface area (Å²) in [6.07, 6.45) is 18.3. The molecule has 3 fully saturated rings. The highest BCUT2D eigenvalue weighted by molar-refractivity contribution is 7.86. The maximum Gasteiger partial charge on any atom is 0.330 e. The minimum absolute atomic E-state index is 0.00958. The first-order valence-corrected chi connectivity index (χ1v) is 37.7. The van der Waals surface area contributed by atoms with Gasteiger partial charge in [0.05, 0.1) is 66.7 Å². The van der Waals surface area contributed by atoms with Crippen LogP contribution in [0, 0.1) is 30.2 Å². The summed E-state index contributed by atoms with van der Waals surface area (Å²) < 4.78 is 139. The zero-order valence-corrected chi connectivity index (χ0v) is 58.9. The molecule has 3 aliphatic rings. The second-order valence-corrected chi connectivity index (χ2v) is 29.1. The summed E-state index contributed by atoms with van der Waals surface area (Å²) >= 11 is 0. The van der Waals surface area contributed by atoms with Gasteiger partial charge in [0.2, 0.25) is 23.5 Å². The summed E-state index contributed by atoms with van der Waals surface area (Å²) in [6, 6.07) is 17.6. The second-order valence-electron chi connectivity index (χ2n) is 24.4. The van der Waals surface area contributed by atoms with Crippen LogP contribution in [0.3, 0.4) is 0 Å². The Labute approximate surface area is 582 Å². The van der Waals surface area contributed by atoms with Crippen molar-refractivity contribution in [3.05, 3.63) is 135 Å². The van der Waals surface area contributed by atoms with Crippen LogP contribution in [0.25, 0.3) is 56.8 Å². The van der Waals surface area contributed by atoms with E-state index in [1.165, 1.54) is 104 Å². The van der Waals surface area contributed by atoms with Gasteiger partial charge < -0.3 is 39.6 Å². The van der Waals surface area contributed by atoms with E-state index in [0.717, 1.165) is 50.0 Å². The van der Waals surface area contributed by atoms with Gasteiger partial charge in [0.1, 0.15) is 22.7 Å². The average molecular weight is 1460 g/mol. The van der Waals surface area contributed by atoms with E-state index in [-0.39, 0.29) is 83.3 Å². The summed E-state index contributed by atoms with van der Waals surface area (Å²) in [4.78, 5) is 49.9. The largest absolute Gasteiger partial charge is 0.489 e. The third-order valence-electron chi connectivity index (χ3n) is 17.3. The van der Waals surface area contributed by atoms with Crippen LogP contribution in [0.15, 0.2) is 109 Å². The molecular weight excluding hydrogens is 1380 g/mol. The molecule has 28 nitrogen and oxygen atoms in total. The van der Waals surface area contributed by atoms with Gasteiger partial charge in [0, 0.05) is 125 Å². The maximum atomic E-state index is 14.7. The lowest BCUT2D eigenvalue weighted by atomic mass is 10.0. The topological polar surface area (TPSA) is 324 Å². The van der Waals surface area contributed by atoms with Crippen molar-refractivity contribution in [2.24, 2.45) is 14.1 Å². The molecule has 1 aliphatic carbocycles. The molecule has 35 heteroatoms. The number of furan rings is 2. The number of piperidine rings is 1. The molecule has 101 heavy (non-hydrogen) atoms. The number of nitrogen functional groups attached to an aromatic ring is 2. The van der Waals surface area contributed by atoms with Crippen LogP contribution in [0.5, 0.6) is 11.5 Å². The highest BCUT2D eigenvalue weighted by Crippen LogP contribution is 2.33. The molecule has 2 atom stereocenters. The number of anilines is 4. The SMILES string of the molecule is C1CCCCC1.C[S@](=O)CCOc1cc(N2CCCCC2)c(F)cc1F.Cc1ccc(S(=O)(=O)OCCn2c(=O)n(C)c3c2nc(N)n2nc(-c4ccco4)nc32)cc1.Cn1c(=O)n(CCN2CCN(c3cc(OCC[S@](C)=O)c(F)cc3F)CC2)c2nc(N)n3nc(-c4ccco4)nc3c21. The number of ether oxygens (including phenoxy) is 2. The van der Waals surface area contributed by atoms with Crippen molar-refractivity contribution in [2.45, 2.75) is 82.7 Å². The molecule has 2 aliphatic heterocycles. The Balaban J connectivity index is 0.000000154. The predicted octanol–water partition coefficient (Wildman–Crippen LogP) is 7.86. The smallest absolute Gasteiger partial charge is 0.330 e. The van der Waals surface area contributed by atoms with Crippen molar-refractivity contribution < 1.29 is 56.9 Å². The highest BCUT2D eigenvalue weighted by Gasteiger charge is 2.27. The number of aromatic nitrogens is 12. The first-order chi connectivity index (χ1) is 48.5. The Hall–Kier alpha value is -9.45. The van der Waals surface area contributed by atoms with Crippen molar-refractivity contribution in [1.29, 1.82) is 0 Å². The quantitative estimate of drug-likeness (QED) is 0.0541. The first kappa shape index (κ1) is 72.8. The second kappa shape index (κ2) is 32.5. The van der Waals surface area contributed by atoms with Crippen LogP contribution in [0.1, 0.15) is 63.4 Å². The molecule has 8 aromatic heterocycles. The number of rotatable bonds is 20. The highest BCUT2D eigenvalue weighted by atomic mass is 32.2. The van der Waals surface area contributed by atoms with Crippen molar-refractivity contribution in [3.63, 3.8) is 0 Å². The lowest BCUT2D eigenvalue weighted by Gasteiger charge is -2.36. The third-order valence-corrected chi connectivity index (χ3v) is 20.1. The fourth-order valence-electron chi connectivity index (χ4n) is 11.9. The molecular formula is C66H79F4N17O11S3. The fraction of sp³-hybridized carbons (Fsp3) is 0.424. The van der Waals surface area contributed by atoms with Crippen LogP contribution in [0.4, 0.5) is 40.8 Å².